The number of hydrogen-bond donors (Lipinski definition) is 1. The molecule has 23 heavy (non-hydrogen) atoms. The molecule has 1 unspecified atom stereocenters. The molecule has 1 aromatic carbocycles. The highest BCUT2D eigenvalue weighted by molar-refractivity contribution is 5.98. The van der Waals surface area contributed by atoms with Crippen molar-refractivity contribution in [3.8, 4) is 0 Å². The van der Waals surface area contributed by atoms with E-state index in [0.29, 0.717) is 31.5 Å². The number of carboxylic acid groups (broad SMARTS) is 1. The number of carbonyl (C=O) groups is 2. The van der Waals surface area contributed by atoms with Gasteiger partial charge in [0.25, 0.3) is 5.91 Å². The Morgan fingerprint density at radius 2 is 2.04 bits per heavy atom. The molecule has 1 aliphatic rings. The van der Waals surface area contributed by atoms with Crippen molar-refractivity contribution >= 4 is 11.9 Å². The molecule has 1 aliphatic heterocycles. The van der Waals surface area contributed by atoms with Crippen LogP contribution in [-0.4, -0.2) is 43.7 Å². The maximum absolute atomic E-state index is 12.6. The standard InChI is InChI=1S/C17H19N3O3/c1-17(16(22)23)8-2-11-20(17)15(21)14-6-4-13(5-7-14)12-19-10-3-9-18-19/h3-7,9-10H,2,8,11-12H2,1H3,(H,22,23). The Labute approximate surface area is 134 Å². The first-order chi connectivity index (χ1) is 11.0. The topological polar surface area (TPSA) is 75.4 Å². The van der Waals surface area contributed by atoms with Gasteiger partial charge in [0.05, 0.1) is 6.54 Å². The normalized spacial score (nSPS) is 20.7. The molecule has 0 aliphatic carbocycles. The van der Waals surface area contributed by atoms with E-state index in [4.69, 9.17) is 0 Å². The van der Waals surface area contributed by atoms with Gasteiger partial charge in [-0.05, 0) is 43.5 Å². The second-order valence-corrected chi connectivity index (χ2v) is 6.04. The fraction of sp³-hybridized carbons (Fsp3) is 0.353. The van der Waals surface area contributed by atoms with Crippen LogP contribution in [0.5, 0.6) is 0 Å². The summed E-state index contributed by atoms with van der Waals surface area (Å²) in [6.45, 7) is 2.74. The van der Waals surface area contributed by atoms with E-state index in [9.17, 15) is 14.7 Å². The minimum Gasteiger partial charge on any atom is -0.480 e. The zero-order valence-electron chi connectivity index (χ0n) is 13.0. The van der Waals surface area contributed by atoms with E-state index in [2.05, 4.69) is 5.10 Å². The Bertz CT molecular complexity index is 709. The number of amides is 1. The van der Waals surface area contributed by atoms with Crippen LogP contribution < -0.4 is 0 Å². The smallest absolute Gasteiger partial charge is 0.329 e. The average molecular weight is 313 g/mol. The first-order valence-corrected chi connectivity index (χ1v) is 7.62. The molecule has 0 bridgehead atoms. The van der Waals surface area contributed by atoms with Gasteiger partial charge in [0.15, 0.2) is 0 Å². The molecule has 0 radical (unpaired) electrons. The fourth-order valence-electron chi connectivity index (χ4n) is 3.00. The Morgan fingerprint density at radius 3 is 2.65 bits per heavy atom. The van der Waals surface area contributed by atoms with Crippen molar-refractivity contribution in [2.45, 2.75) is 31.8 Å². The summed E-state index contributed by atoms with van der Waals surface area (Å²) in [5, 5.41) is 13.6. The van der Waals surface area contributed by atoms with E-state index >= 15 is 0 Å². The third-order valence-electron chi connectivity index (χ3n) is 4.45. The summed E-state index contributed by atoms with van der Waals surface area (Å²) < 4.78 is 1.80. The van der Waals surface area contributed by atoms with E-state index in [1.54, 1.807) is 29.9 Å². The van der Waals surface area contributed by atoms with Gasteiger partial charge in [-0.3, -0.25) is 9.48 Å². The van der Waals surface area contributed by atoms with E-state index < -0.39 is 11.5 Å². The Morgan fingerprint density at radius 1 is 1.30 bits per heavy atom. The number of carboxylic acids is 1. The van der Waals surface area contributed by atoms with E-state index in [0.717, 1.165) is 5.56 Å². The van der Waals surface area contributed by atoms with Crippen LogP contribution in [0.15, 0.2) is 42.7 Å². The van der Waals surface area contributed by atoms with Gasteiger partial charge in [-0.15, -0.1) is 0 Å². The molecule has 3 rings (SSSR count). The molecular weight excluding hydrogens is 294 g/mol. The molecule has 0 saturated carbocycles. The van der Waals surface area contributed by atoms with Crippen molar-refractivity contribution in [3.05, 3.63) is 53.9 Å². The Hall–Kier alpha value is -2.63. The predicted octanol–water partition coefficient (Wildman–Crippen LogP) is 2.01. The lowest BCUT2D eigenvalue weighted by Gasteiger charge is -2.31. The average Bonchev–Trinajstić information content (AvgIpc) is 3.17. The third-order valence-corrected chi connectivity index (χ3v) is 4.45. The van der Waals surface area contributed by atoms with Gasteiger partial charge in [-0.2, -0.15) is 5.10 Å². The number of hydrogen-bond acceptors (Lipinski definition) is 3. The molecular formula is C17H19N3O3. The van der Waals surface area contributed by atoms with E-state index in [1.165, 1.54) is 4.90 Å². The van der Waals surface area contributed by atoms with Crippen molar-refractivity contribution in [2.75, 3.05) is 6.54 Å². The molecule has 1 N–H and O–H groups in total. The number of nitrogens with zero attached hydrogens (tertiary/aromatic N) is 3. The molecule has 1 saturated heterocycles. The van der Waals surface area contributed by atoms with Gasteiger partial charge in [0.2, 0.25) is 0 Å². The Kier molecular flexibility index (Phi) is 3.90. The number of aliphatic carboxylic acids is 1. The highest BCUT2D eigenvalue weighted by Gasteiger charge is 2.46. The van der Waals surface area contributed by atoms with Crippen molar-refractivity contribution in [3.63, 3.8) is 0 Å². The summed E-state index contributed by atoms with van der Waals surface area (Å²) in [6, 6.07) is 9.12. The number of aromatic nitrogens is 2. The van der Waals surface area contributed by atoms with Gasteiger partial charge in [-0.1, -0.05) is 12.1 Å². The lowest BCUT2D eigenvalue weighted by atomic mass is 9.98. The summed E-state index contributed by atoms with van der Waals surface area (Å²) in [6.07, 6.45) is 4.80. The van der Waals surface area contributed by atoms with Crippen molar-refractivity contribution in [1.29, 1.82) is 0 Å². The molecule has 1 amide bonds. The van der Waals surface area contributed by atoms with Gasteiger partial charge in [0, 0.05) is 24.5 Å². The quantitative estimate of drug-likeness (QED) is 0.937. The first-order valence-electron chi connectivity index (χ1n) is 7.62. The summed E-state index contributed by atoms with van der Waals surface area (Å²) in [5.41, 5.74) is 0.446. The van der Waals surface area contributed by atoms with Gasteiger partial charge in [0.1, 0.15) is 5.54 Å². The zero-order valence-corrected chi connectivity index (χ0v) is 13.0. The largest absolute Gasteiger partial charge is 0.480 e. The highest BCUT2D eigenvalue weighted by Crippen LogP contribution is 2.30. The molecule has 1 atom stereocenters. The predicted molar refractivity (Wildman–Crippen MR) is 84.1 cm³/mol. The number of carbonyl (C=O) groups excluding carboxylic acids is 1. The summed E-state index contributed by atoms with van der Waals surface area (Å²) >= 11 is 0. The molecule has 2 aromatic rings. The first kappa shape index (κ1) is 15.3. The second-order valence-electron chi connectivity index (χ2n) is 6.04. The van der Waals surface area contributed by atoms with E-state index in [-0.39, 0.29) is 5.91 Å². The summed E-state index contributed by atoms with van der Waals surface area (Å²) in [7, 11) is 0. The van der Waals surface area contributed by atoms with Crippen LogP contribution in [0.4, 0.5) is 0 Å². The molecule has 6 nitrogen and oxygen atoms in total. The molecule has 0 spiro atoms. The van der Waals surface area contributed by atoms with Crippen molar-refractivity contribution in [1.82, 2.24) is 14.7 Å². The van der Waals surface area contributed by atoms with Crippen LogP contribution in [0.25, 0.3) is 0 Å². The lowest BCUT2D eigenvalue weighted by Crippen LogP contribution is -2.50. The Balaban J connectivity index is 1.76. The van der Waals surface area contributed by atoms with Gasteiger partial charge in [-0.25, -0.2) is 4.79 Å². The monoisotopic (exact) mass is 313 g/mol. The molecule has 120 valence electrons. The van der Waals surface area contributed by atoms with Crippen LogP contribution >= 0.6 is 0 Å². The minimum atomic E-state index is -1.11. The lowest BCUT2D eigenvalue weighted by molar-refractivity contribution is -0.147. The van der Waals surface area contributed by atoms with Crippen molar-refractivity contribution in [2.24, 2.45) is 0 Å². The molecule has 1 fully saturated rings. The van der Waals surface area contributed by atoms with Crippen LogP contribution in [-0.2, 0) is 11.3 Å². The van der Waals surface area contributed by atoms with Crippen LogP contribution in [0.2, 0.25) is 0 Å². The molecule has 2 heterocycles. The van der Waals surface area contributed by atoms with Crippen LogP contribution in [0, 0.1) is 0 Å². The zero-order chi connectivity index (χ0) is 16.4. The highest BCUT2D eigenvalue weighted by atomic mass is 16.4. The van der Waals surface area contributed by atoms with E-state index in [1.807, 2.05) is 24.4 Å². The fourth-order valence-corrected chi connectivity index (χ4v) is 3.00. The third kappa shape index (κ3) is 2.84. The maximum Gasteiger partial charge on any atom is 0.329 e. The second kappa shape index (κ2) is 5.87. The van der Waals surface area contributed by atoms with Crippen molar-refractivity contribution < 1.29 is 14.7 Å². The van der Waals surface area contributed by atoms with Gasteiger partial charge < -0.3 is 10.0 Å². The number of rotatable bonds is 4. The molecule has 6 heteroatoms. The van der Waals surface area contributed by atoms with Crippen LogP contribution in [0.1, 0.15) is 35.7 Å². The maximum atomic E-state index is 12.6. The summed E-state index contributed by atoms with van der Waals surface area (Å²) in [5.74, 6) is -1.17. The summed E-state index contributed by atoms with van der Waals surface area (Å²) in [4.78, 5) is 25.6. The molecule has 1 aromatic heterocycles. The minimum absolute atomic E-state index is 0.224. The number of likely N-dealkylation sites (tertiary alicyclic amines) is 1. The van der Waals surface area contributed by atoms with Gasteiger partial charge >= 0.3 is 5.97 Å². The SMILES string of the molecule is CC1(C(=O)O)CCCN1C(=O)c1ccc(Cn2cccn2)cc1. The van der Waals surface area contributed by atoms with Crippen LogP contribution in [0.3, 0.4) is 0 Å². The number of benzene rings is 1.